The number of carbonyl (C=O) groups is 1. The molecule has 0 bridgehead atoms. The Bertz CT molecular complexity index is 728. The van der Waals surface area contributed by atoms with E-state index in [1.165, 1.54) is 52.1 Å². The Morgan fingerprint density at radius 1 is 1.03 bits per heavy atom. The first-order valence-electron chi connectivity index (χ1n) is 14.8. The summed E-state index contributed by atoms with van der Waals surface area (Å²) < 4.78 is 4.90. The Kier molecular flexibility index (Phi) is 8.60. The molecule has 3 N–H and O–H groups in total. The molecule has 4 aliphatic rings. The van der Waals surface area contributed by atoms with Gasteiger partial charge in [0.15, 0.2) is 0 Å². The molecular formula is C30H54N2O3. The molecule has 35 heavy (non-hydrogen) atoms. The Morgan fingerprint density at radius 3 is 2.51 bits per heavy atom. The maximum absolute atomic E-state index is 11.8. The molecule has 4 unspecified atom stereocenters. The van der Waals surface area contributed by atoms with Crippen molar-refractivity contribution in [3.8, 4) is 0 Å². The zero-order valence-corrected chi connectivity index (χ0v) is 23.4. The van der Waals surface area contributed by atoms with Crippen LogP contribution in [0.1, 0.15) is 98.8 Å². The van der Waals surface area contributed by atoms with Crippen LogP contribution in [0.3, 0.4) is 0 Å². The first kappa shape index (κ1) is 27.4. The summed E-state index contributed by atoms with van der Waals surface area (Å²) in [6.07, 6.45) is 11.2. The van der Waals surface area contributed by atoms with E-state index >= 15 is 0 Å². The van der Waals surface area contributed by atoms with Gasteiger partial charge in [-0.1, -0.05) is 34.6 Å². The Hall–Kier alpha value is -0.650. The van der Waals surface area contributed by atoms with E-state index in [9.17, 15) is 9.90 Å². The maximum Gasteiger partial charge on any atom is 0.305 e. The number of hydrogen-bond acceptors (Lipinski definition) is 5. The molecule has 0 radical (unpaired) electrons. The molecule has 0 aromatic rings. The number of carbonyl (C=O) groups excluding carboxylic acids is 1. The quantitative estimate of drug-likeness (QED) is 0.308. The van der Waals surface area contributed by atoms with E-state index in [2.05, 4.69) is 45.3 Å². The average Bonchev–Trinajstić information content (AvgIpc) is 3.19. The molecular weight excluding hydrogens is 436 g/mol. The van der Waals surface area contributed by atoms with Gasteiger partial charge in [-0.2, -0.15) is 0 Å². The molecule has 4 saturated carbocycles. The number of methoxy groups -OCH3 is 1. The molecule has 202 valence electrons. The van der Waals surface area contributed by atoms with E-state index in [1.54, 1.807) is 0 Å². The number of hydrogen-bond donors (Lipinski definition) is 3. The molecule has 4 rings (SSSR count). The van der Waals surface area contributed by atoms with Crippen LogP contribution in [0, 0.1) is 46.3 Å². The van der Waals surface area contributed by atoms with Crippen LogP contribution in [0.2, 0.25) is 0 Å². The minimum atomic E-state index is -0.213. The standard InChI is InChI=1S/C30H54N2O3/c1-19(2)31-15-16-32-22-13-14-29(4)21(17-22)8-9-23-25-11-10-24(20(3)7-12-28(34)35-6)30(25,5)27(33)18-26(23)29/h19-27,31-33H,7-18H2,1-6H3/t20?,21-,22-,23?,24-,25?,26?,27+,29+,30-/m1/s1. The van der Waals surface area contributed by atoms with Gasteiger partial charge in [0.2, 0.25) is 0 Å². The summed E-state index contributed by atoms with van der Waals surface area (Å²) in [5, 5.41) is 19.1. The number of rotatable bonds is 9. The van der Waals surface area contributed by atoms with Gasteiger partial charge >= 0.3 is 5.97 Å². The first-order chi connectivity index (χ1) is 16.6. The highest BCUT2D eigenvalue weighted by molar-refractivity contribution is 5.69. The Labute approximate surface area is 214 Å². The molecule has 4 fully saturated rings. The second-order valence-corrected chi connectivity index (χ2v) is 13.6. The zero-order valence-electron chi connectivity index (χ0n) is 23.4. The molecule has 0 saturated heterocycles. The van der Waals surface area contributed by atoms with Gasteiger partial charge in [0.1, 0.15) is 0 Å². The summed E-state index contributed by atoms with van der Waals surface area (Å²) in [5.41, 5.74) is 0.385. The number of aliphatic hydroxyl groups excluding tert-OH is 1. The molecule has 4 aliphatic carbocycles. The predicted molar refractivity (Wildman–Crippen MR) is 142 cm³/mol. The molecule has 0 amide bonds. The fourth-order valence-electron chi connectivity index (χ4n) is 9.65. The van der Waals surface area contributed by atoms with Crippen LogP contribution < -0.4 is 10.6 Å². The maximum atomic E-state index is 11.8. The number of ether oxygens (including phenoxy) is 1. The number of aliphatic hydroxyl groups is 1. The second kappa shape index (κ2) is 11.0. The number of nitrogens with one attached hydrogen (secondary N) is 2. The van der Waals surface area contributed by atoms with Gasteiger partial charge in [-0.05, 0) is 104 Å². The lowest BCUT2D eigenvalue weighted by atomic mass is 9.43. The van der Waals surface area contributed by atoms with Gasteiger partial charge in [-0.3, -0.25) is 4.79 Å². The third-order valence-electron chi connectivity index (χ3n) is 11.7. The SMILES string of the molecule is COC(=O)CCC(C)[C@H]1CCC2C3CC[C@@H]4C[C@H](NCCNC(C)C)CC[C@]4(C)C3C[C@H](O)[C@@]21C. The fourth-order valence-corrected chi connectivity index (χ4v) is 9.65. The smallest absolute Gasteiger partial charge is 0.305 e. The van der Waals surface area contributed by atoms with Crippen LogP contribution in [0.4, 0.5) is 0 Å². The second-order valence-electron chi connectivity index (χ2n) is 13.6. The molecule has 5 nitrogen and oxygen atoms in total. The Balaban J connectivity index is 1.40. The summed E-state index contributed by atoms with van der Waals surface area (Å²) in [6, 6.07) is 1.21. The van der Waals surface area contributed by atoms with Crippen LogP contribution in [-0.4, -0.2) is 49.5 Å². The minimum absolute atomic E-state index is 0.00206. The topological polar surface area (TPSA) is 70.6 Å². The van der Waals surface area contributed by atoms with Gasteiger partial charge in [-0.15, -0.1) is 0 Å². The van der Waals surface area contributed by atoms with Crippen molar-refractivity contribution in [3.05, 3.63) is 0 Å². The highest BCUT2D eigenvalue weighted by Crippen LogP contribution is 2.68. The van der Waals surface area contributed by atoms with Crippen molar-refractivity contribution in [3.63, 3.8) is 0 Å². The molecule has 5 heteroatoms. The van der Waals surface area contributed by atoms with Crippen LogP contribution in [0.5, 0.6) is 0 Å². The van der Waals surface area contributed by atoms with E-state index < -0.39 is 0 Å². The van der Waals surface area contributed by atoms with E-state index in [4.69, 9.17) is 4.74 Å². The van der Waals surface area contributed by atoms with Gasteiger partial charge in [0, 0.05) is 31.6 Å². The molecule has 0 aliphatic heterocycles. The van der Waals surface area contributed by atoms with Crippen LogP contribution in [0.25, 0.3) is 0 Å². The van der Waals surface area contributed by atoms with Crippen molar-refractivity contribution in [1.82, 2.24) is 10.6 Å². The van der Waals surface area contributed by atoms with E-state index in [1.807, 2.05) is 0 Å². The molecule has 0 aromatic carbocycles. The van der Waals surface area contributed by atoms with Gasteiger partial charge in [0.25, 0.3) is 0 Å². The summed E-state index contributed by atoms with van der Waals surface area (Å²) in [4.78, 5) is 11.8. The van der Waals surface area contributed by atoms with Gasteiger partial charge in [-0.25, -0.2) is 0 Å². The average molecular weight is 491 g/mol. The molecule has 0 heterocycles. The summed E-state index contributed by atoms with van der Waals surface area (Å²) in [5.74, 6) is 3.72. The predicted octanol–water partition coefficient (Wildman–Crippen LogP) is 5.16. The molecule has 10 atom stereocenters. The van der Waals surface area contributed by atoms with Gasteiger partial charge < -0.3 is 20.5 Å². The fraction of sp³-hybridized carbons (Fsp3) is 0.967. The monoisotopic (exact) mass is 490 g/mol. The highest BCUT2D eigenvalue weighted by Gasteiger charge is 2.63. The number of esters is 1. The van der Waals surface area contributed by atoms with Crippen molar-refractivity contribution in [1.29, 1.82) is 0 Å². The lowest BCUT2D eigenvalue weighted by Gasteiger charge is -2.62. The third kappa shape index (κ3) is 5.21. The van der Waals surface area contributed by atoms with Crippen molar-refractivity contribution in [2.24, 2.45) is 46.3 Å². The minimum Gasteiger partial charge on any atom is -0.469 e. The zero-order chi connectivity index (χ0) is 25.4. The Morgan fingerprint density at radius 2 is 1.80 bits per heavy atom. The normalized spacial score (nSPS) is 43.8. The van der Waals surface area contributed by atoms with Gasteiger partial charge in [0.05, 0.1) is 13.2 Å². The highest BCUT2D eigenvalue weighted by atomic mass is 16.5. The van der Waals surface area contributed by atoms with Crippen LogP contribution in [0.15, 0.2) is 0 Å². The van der Waals surface area contributed by atoms with Crippen molar-refractivity contribution >= 4 is 5.97 Å². The van der Waals surface area contributed by atoms with Crippen LogP contribution in [-0.2, 0) is 9.53 Å². The van der Waals surface area contributed by atoms with Crippen molar-refractivity contribution < 1.29 is 14.6 Å². The summed E-state index contributed by atoms with van der Waals surface area (Å²) in [7, 11) is 1.48. The van der Waals surface area contributed by atoms with Crippen molar-refractivity contribution in [2.45, 2.75) is 117 Å². The lowest BCUT2D eigenvalue weighted by Crippen LogP contribution is -2.59. The van der Waals surface area contributed by atoms with E-state index in [0.717, 1.165) is 37.8 Å². The first-order valence-corrected chi connectivity index (χ1v) is 14.8. The summed E-state index contributed by atoms with van der Waals surface area (Å²) >= 11 is 0. The number of fused-ring (bicyclic) bond motifs is 5. The van der Waals surface area contributed by atoms with Crippen molar-refractivity contribution in [2.75, 3.05) is 20.2 Å². The van der Waals surface area contributed by atoms with Crippen LogP contribution >= 0.6 is 0 Å². The lowest BCUT2D eigenvalue weighted by molar-refractivity contribution is -0.170. The molecule has 0 spiro atoms. The molecule has 0 aromatic heterocycles. The largest absolute Gasteiger partial charge is 0.469 e. The van der Waals surface area contributed by atoms with E-state index in [-0.39, 0.29) is 17.5 Å². The van der Waals surface area contributed by atoms with E-state index in [0.29, 0.717) is 47.6 Å². The third-order valence-corrected chi connectivity index (χ3v) is 11.7. The summed E-state index contributed by atoms with van der Waals surface area (Å²) in [6.45, 7) is 13.8.